The number of hydrogen-bond acceptors (Lipinski definition) is 6. The van der Waals surface area contributed by atoms with Crippen molar-refractivity contribution in [3.63, 3.8) is 0 Å². The molecule has 2 aromatic carbocycles. The number of nitrogens with zero attached hydrogens (tertiary/aromatic N) is 1. The first-order chi connectivity index (χ1) is 14.8. The highest BCUT2D eigenvalue weighted by molar-refractivity contribution is 7.99. The fourth-order valence-corrected chi connectivity index (χ4v) is 5.19. The molecule has 3 rings (SSSR count). The van der Waals surface area contributed by atoms with Crippen LogP contribution >= 0.6 is 11.8 Å². The molecule has 0 aliphatic carbocycles. The van der Waals surface area contributed by atoms with Crippen LogP contribution < -0.4 is 5.32 Å². The Kier molecular flexibility index (Phi) is 7.63. The summed E-state index contributed by atoms with van der Waals surface area (Å²) in [6.07, 6.45) is 1.57. The number of alkyl halides is 2. The molecule has 0 unspecified atom stereocenters. The van der Waals surface area contributed by atoms with Crippen LogP contribution in [0, 0.1) is 0 Å². The second-order valence-corrected chi connectivity index (χ2v) is 9.61. The molecular formula is C20H20F2N2O5S2. The summed E-state index contributed by atoms with van der Waals surface area (Å²) in [6, 6.07) is 11.4. The minimum absolute atomic E-state index is 0.0123. The van der Waals surface area contributed by atoms with Crippen molar-refractivity contribution in [2.75, 3.05) is 25.0 Å². The molecule has 2 aromatic rings. The Morgan fingerprint density at radius 1 is 1.10 bits per heavy atom. The van der Waals surface area contributed by atoms with E-state index in [1.165, 1.54) is 40.7 Å². The van der Waals surface area contributed by atoms with Gasteiger partial charge in [-0.05, 0) is 43.2 Å². The second kappa shape index (κ2) is 10.2. The SMILES string of the molecule is O=C(COC(=O)c1cccc(S(=O)(=O)N2CCCC2)c1)Nc1ccccc1SC(F)F. The number of thioether (sulfide) groups is 1. The van der Waals surface area contributed by atoms with Crippen LogP contribution in [0.15, 0.2) is 58.3 Å². The van der Waals surface area contributed by atoms with Gasteiger partial charge in [0, 0.05) is 18.0 Å². The molecule has 1 aliphatic heterocycles. The maximum absolute atomic E-state index is 12.6. The summed E-state index contributed by atoms with van der Waals surface area (Å²) in [5, 5.41) is 2.42. The minimum Gasteiger partial charge on any atom is -0.452 e. The van der Waals surface area contributed by atoms with Gasteiger partial charge < -0.3 is 10.1 Å². The van der Waals surface area contributed by atoms with Crippen LogP contribution in [0.1, 0.15) is 23.2 Å². The van der Waals surface area contributed by atoms with Crippen LogP contribution in [0.25, 0.3) is 0 Å². The van der Waals surface area contributed by atoms with Crippen LogP contribution in [-0.4, -0.2) is 50.1 Å². The quantitative estimate of drug-likeness (QED) is 0.468. The number of nitrogens with one attached hydrogen (secondary N) is 1. The maximum Gasteiger partial charge on any atom is 0.338 e. The van der Waals surface area contributed by atoms with E-state index in [2.05, 4.69) is 5.32 Å². The number of carbonyl (C=O) groups excluding carboxylic acids is 2. The summed E-state index contributed by atoms with van der Waals surface area (Å²) in [5.41, 5.74) is 0.161. The molecule has 1 fully saturated rings. The minimum atomic E-state index is -3.70. The molecule has 0 aromatic heterocycles. The van der Waals surface area contributed by atoms with E-state index < -0.39 is 34.3 Å². The van der Waals surface area contributed by atoms with Gasteiger partial charge in [-0.25, -0.2) is 13.2 Å². The number of ether oxygens (including phenoxy) is 1. The largest absolute Gasteiger partial charge is 0.452 e. The summed E-state index contributed by atoms with van der Waals surface area (Å²) in [5.74, 6) is -4.24. The van der Waals surface area contributed by atoms with Gasteiger partial charge in [-0.3, -0.25) is 4.79 Å². The lowest BCUT2D eigenvalue weighted by molar-refractivity contribution is -0.119. The Hall–Kier alpha value is -2.50. The first kappa shape index (κ1) is 23.2. The highest BCUT2D eigenvalue weighted by Crippen LogP contribution is 2.31. The lowest BCUT2D eigenvalue weighted by Gasteiger charge is -2.16. The zero-order valence-corrected chi connectivity index (χ0v) is 17.9. The van der Waals surface area contributed by atoms with Crippen molar-refractivity contribution in [1.29, 1.82) is 0 Å². The molecule has 0 atom stereocenters. The number of esters is 1. The van der Waals surface area contributed by atoms with Crippen molar-refractivity contribution in [3.8, 4) is 0 Å². The lowest BCUT2D eigenvalue weighted by Crippen LogP contribution is -2.28. The highest BCUT2D eigenvalue weighted by Gasteiger charge is 2.27. The standard InChI is InChI=1S/C20H20F2N2O5S2/c21-20(22)30-17-9-2-1-8-16(17)23-18(25)13-29-19(26)14-6-5-7-15(12-14)31(27,28)24-10-3-4-11-24/h1-2,5-9,12,20H,3-4,10-11,13H2,(H,23,25). The van der Waals surface area contributed by atoms with Gasteiger partial charge in [-0.15, -0.1) is 0 Å². The summed E-state index contributed by atoms with van der Waals surface area (Å²) in [7, 11) is -3.70. The zero-order chi connectivity index (χ0) is 22.4. The number of anilines is 1. The Balaban J connectivity index is 1.62. The summed E-state index contributed by atoms with van der Waals surface area (Å²) in [6.45, 7) is 0.209. The first-order valence-electron chi connectivity index (χ1n) is 9.38. The molecule has 0 bridgehead atoms. The van der Waals surface area contributed by atoms with Gasteiger partial charge in [0.1, 0.15) is 0 Å². The van der Waals surface area contributed by atoms with E-state index in [4.69, 9.17) is 4.74 Å². The summed E-state index contributed by atoms with van der Waals surface area (Å²) >= 11 is 0.286. The van der Waals surface area contributed by atoms with Gasteiger partial charge in [0.15, 0.2) is 6.61 Å². The van der Waals surface area contributed by atoms with E-state index in [-0.39, 0.29) is 32.8 Å². The smallest absolute Gasteiger partial charge is 0.338 e. The fraction of sp³-hybridized carbons (Fsp3) is 0.300. The molecule has 11 heteroatoms. The van der Waals surface area contributed by atoms with Crippen molar-refractivity contribution >= 4 is 39.3 Å². The molecule has 0 saturated carbocycles. The Morgan fingerprint density at radius 2 is 1.81 bits per heavy atom. The van der Waals surface area contributed by atoms with Crippen LogP contribution in [0.2, 0.25) is 0 Å². The topological polar surface area (TPSA) is 92.8 Å². The van der Waals surface area contributed by atoms with Crippen molar-refractivity contribution < 1.29 is 31.5 Å². The molecule has 0 radical (unpaired) electrons. The number of amides is 1. The van der Waals surface area contributed by atoms with Crippen molar-refractivity contribution in [2.45, 2.75) is 28.4 Å². The van der Waals surface area contributed by atoms with Gasteiger partial charge in [0.25, 0.3) is 11.7 Å². The molecule has 1 heterocycles. The Morgan fingerprint density at radius 3 is 2.52 bits per heavy atom. The van der Waals surface area contributed by atoms with E-state index in [1.807, 2.05) is 0 Å². The molecule has 1 saturated heterocycles. The molecule has 1 amide bonds. The number of sulfonamides is 1. The predicted octanol–water partition coefficient (Wildman–Crippen LogP) is 3.58. The van der Waals surface area contributed by atoms with E-state index in [9.17, 15) is 26.8 Å². The Bertz CT molecular complexity index is 1060. The van der Waals surface area contributed by atoms with E-state index in [0.29, 0.717) is 13.1 Å². The van der Waals surface area contributed by atoms with E-state index in [1.54, 1.807) is 12.1 Å². The lowest BCUT2D eigenvalue weighted by atomic mass is 10.2. The maximum atomic E-state index is 12.6. The van der Waals surface area contributed by atoms with Gasteiger partial charge in [-0.2, -0.15) is 13.1 Å². The molecule has 0 spiro atoms. The first-order valence-corrected chi connectivity index (χ1v) is 11.7. The third kappa shape index (κ3) is 6.02. The fourth-order valence-electron chi connectivity index (χ4n) is 3.03. The van der Waals surface area contributed by atoms with Crippen LogP contribution in [0.5, 0.6) is 0 Å². The van der Waals surface area contributed by atoms with Gasteiger partial charge in [0.05, 0.1) is 16.1 Å². The molecule has 1 aliphatic rings. The Labute approximate surface area is 182 Å². The van der Waals surface area contributed by atoms with Crippen molar-refractivity contribution in [1.82, 2.24) is 4.31 Å². The van der Waals surface area contributed by atoms with Gasteiger partial charge in [0.2, 0.25) is 10.0 Å². The zero-order valence-electron chi connectivity index (χ0n) is 16.3. The van der Waals surface area contributed by atoms with Gasteiger partial charge in [-0.1, -0.05) is 30.0 Å². The van der Waals surface area contributed by atoms with Crippen LogP contribution in [-0.2, 0) is 19.6 Å². The molecule has 7 nitrogen and oxygen atoms in total. The molecule has 166 valence electrons. The average molecular weight is 471 g/mol. The third-order valence-electron chi connectivity index (χ3n) is 4.48. The highest BCUT2D eigenvalue weighted by atomic mass is 32.2. The van der Waals surface area contributed by atoms with Crippen LogP contribution in [0.4, 0.5) is 14.5 Å². The van der Waals surface area contributed by atoms with Crippen LogP contribution in [0.3, 0.4) is 0 Å². The van der Waals surface area contributed by atoms with E-state index in [0.717, 1.165) is 12.8 Å². The average Bonchev–Trinajstić information content (AvgIpc) is 3.29. The number of halogens is 2. The normalized spacial score (nSPS) is 14.5. The third-order valence-corrected chi connectivity index (χ3v) is 7.17. The van der Waals surface area contributed by atoms with Gasteiger partial charge >= 0.3 is 5.97 Å². The number of para-hydroxylation sites is 1. The number of benzene rings is 2. The number of hydrogen-bond donors (Lipinski definition) is 1. The second-order valence-electron chi connectivity index (χ2n) is 6.64. The van der Waals surface area contributed by atoms with Crippen molar-refractivity contribution in [2.24, 2.45) is 0 Å². The number of carbonyl (C=O) groups is 2. The number of rotatable bonds is 8. The summed E-state index contributed by atoms with van der Waals surface area (Å²) in [4.78, 5) is 24.6. The summed E-state index contributed by atoms with van der Waals surface area (Å²) < 4.78 is 56.9. The molecule has 1 N–H and O–H groups in total. The molecule has 31 heavy (non-hydrogen) atoms. The van der Waals surface area contributed by atoms with Crippen molar-refractivity contribution in [3.05, 3.63) is 54.1 Å². The monoisotopic (exact) mass is 470 g/mol. The molecular weight excluding hydrogens is 450 g/mol. The predicted molar refractivity (Wildman–Crippen MR) is 112 cm³/mol. The van der Waals surface area contributed by atoms with E-state index >= 15 is 0 Å².